The molecular weight excluding hydrogens is 280 g/mol. The minimum absolute atomic E-state index is 0.128. The first-order valence-corrected chi connectivity index (χ1v) is 6.97. The average Bonchev–Trinajstić information content (AvgIpc) is 2.97. The molecule has 8 heteroatoms. The summed E-state index contributed by atoms with van der Waals surface area (Å²) in [7, 11) is 0. The second-order valence-corrected chi connectivity index (χ2v) is 5.40. The van der Waals surface area contributed by atoms with E-state index in [2.05, 4.69) is 20.8 Å². The molecule has 0 saturated carbocycles. The molecule has 1 aliphatic heterocycles. The van der Waals surface area contributed by atoms with E-state index in [0.29, 0.717) is 27.9 Å². The molecule has 2 N–H and O–H groups in total. The summed E-state index contributed by atoms with van der Waals surface area (Å²) in [6.07, 6.45) is 2.93. The lowest BCUT2D eigenvalue weighted by Crippen LogP contribution is -2.21. The van der Waals surface area contributed by atoms with E-state index in [1.807, 2.05) is 0 Å². The first-order valence-electron chi connectivity index (χ1n) is 6.15. The van der Waals surface area contributed by atoms with Crippen LogP contribution in [0.2, 0.25) is 0 Å². The van der Waals surface area contributed by atoms with Crippen molar-refractivity contribution in [2.45, 2.75) is 19.8 Å². The molecule has 7 nitrogen and oxygen atoms in total. The Morgan fingerprint density at radius 3 is 3.15 bits per heavy atom. The maximum atomic E-state index is 12.0. The van der Waals surface area contributed by atoms with E-state index in [0.717, 1.165) is 18.5 Å². The van der Waals surface area contributed by atoms with E-state index in [-0.39, 0.29) is 11.8 Å². The van der Waals surface area contributed by atoms with Crippen LogP contribution in [0.5, 0.6) is 0 Å². The smallest absolute Gasteiger partial charge is 0.263 e. The van der Waals surface area contributed by atoms with Gasteiger partial charge in [0.1, 0.15) is 16.2 Å². The second kappa shape index (κ2) is 5.04. The normalized spacial score (nSPS) is 14.3. The third kappa shape index (κ3) is 2.29. The molecule has 3 heterocycles. The summed E-state index contributed by atoms with van der Waals surface area (Å²) in [4.78, 5) is 28.7. The van der Waals surface area contributed by atoms with E-state index in [4.69, 9.17) is 4.52 Å². The van der Waals surface area contributed by atoms with Crippen molar-refractivity contribution in [1.82, 2.24) is 15.5 Å². The van der Waals surface area contributed by atoms with Crippen molar-refractivity contribution in [2.75, 3.05) is 11.9 Å². The first-order chi connectivity index (χ1) is 9.65. The van der Waals surface area contributed by atoms with Gasteiger partial charge in [-0.15, -0.1) is 0 Å². The van der Waals surface area contributed by atoms with Gasteiger partial charge in [0.15, 0.2) is 5.13 Å². The van der Waals surface area contributed by atoms with Gasteiger partial charge in [-0.05, 0) is 19.8 Å². The molecule has 20 heavy (non-hydrogen) atoms. The van der Waals surface area contributed by atoms with Gasteiger partial charge in [0.25, 0.3) is 11.8 Å². The van der Waals surface area contributed by atoms with Crippen LogP contribution in [0.3, 0.4) is 0 Å². The van der Waals surface area contributed by atoms with Gasteiger partial charge < -0.3 is 9.84 Å². The van der Waals surface area contributed by atoms with Crippen LogP contribution in [0.15, 0.2) is 10.7 Å². The molecule has 0 fully saturated rings. The van der Waals surface area contributed by atoms with Gasteiger partial charge in [-0.3, -0.25) is 14.9 Å². The van der Waals surface area contributed by atoms with Crippen LogP contribution in [0.1, 0.15) is 37.9 Å². The highest BCUT2D eigenvalue weighted by Crippen LogP contribution is 2.26. The summed E-state index contributed by atoms with van der Waals surface area (Å²) in [5.41, 5.74) is 1.10. The fourth-order valence-corrected chi connectivity index (χ4v) is 2.89. The summed E-state index contributed by atoms with van der Waals surface area (Å²) >= 11 is 1.18. The third-order valence-corrected chi connectivity index (χ3v) is 4.01. The number of amides is 2. The molecule has 2 aromatic heterocycles. The molecule has 0 spiro atoms. The Balaban J connectivity index is 1.82. The Morgan fingerprint density at radius 1 is 1.55 bits per heavy atom. The number of aromatic nitrogens is 2. The molecule has 0 radical (unpaired) electrons. The van der Waals surface area contributed by atoms with Crippen molar-refractivity contribution < 1.29 is 14.1 Å². The molecule has 0 unspecified atom stereocenters. The Hall–Kier alpha value is -2.22. The lowest BCUT2D eigenvalue weighted by atomic mass is 10.2. The number of anilines is 1. The fourth-order valence-electron chi connectivity index (χ4n) is 1.97. The zero-order valence-electron chi connectivity index (χ0n) is 10.7. The van der Waals surface area contributed by atoms with Gasteiger partial charge in [-0.1, -0.05) is 16.5 Å². The molecular formula is C12H12N4O3S. The lowest BCUT2D eigenvalue weighted by Gasteiger charge is -1.99. The van der Waals surface area contributed by atoms with Crippen LogP contribution in [0.4, 0.5) is 5.13 Å². The molecule has 1 aliphatic rings. The molecule has 0 saturated heterocycles. The SMILES string of the molecule is Cc1oncc1C(=O)Nc1nc2c(s1)C(=O)NCCC2. The standard InChI is InChI=1S/C12H12N4O3S/c1-6-7(5-14-19-6)10(17)16-12-15-8-3-2-4-13-11(18)9(8)20-12/h5H,2-4H2,1H3,(H,13,18)(H,15,16,17). The predicted octanol–water partition coefficient (Wildman–Crippen LogP) is 1.37. The Kier molecular flexibility index (Phi) is 3.23. The number of thiazole rings is 1. The number of carbonyl (C=O) groups excluding carboxylic acids is 2. The molecule has 3 rings (SSSR count). The second-order valence-electron chi connectivity index (χ2n) is 4.40. The summed E-state index contributed by atoms with van der Waals surface area (Å²) in [6.45, 7) is 2.32. The number of carbonyl (C=O) groups is 2. The maximum absolute atomic E-state index is 12.0. The summed E-state index contributed by atoms with van der Waals surface area (Å²) < 4.78 is 4.85. The monoisotopic (exact) mass is 292 g/mol. The van der Waals surface area contributed by atoms with Gasteiger partial charge in [-0.2, -0.15) is 0 Å². The zero-order chi connectivity index (χ0) is 14.1. The van der Waals surface area contributed by atoms with Crippen LogP contribution < -0.4 is 10.6 Å². The first kappa shape index (κ1) is 12.8. The minimum Gasteiger partial charge on any atom is -0.361 e. The average molecular weight is 292 g/mol. The van der Waals surface area contributed by atoms with Crippen molar-refractivity contribution in [1.29, 1.82) is 0 Å². The molecule has 2 aromatic rings. The Morgan fingerprint density at radius 2 is 2.40 bits per heavy atom. The molecule has 104 valence electrons. The summed E-state index contributed by atoms with van der Waals surface area (Å²) in [6, 6.07) is 0. The molecule has 0 atom stereocenters. The number of fused-ring (bicyclic) bond motifs is 1. The lowest BCUT2D eigenvalue weighted by molar-refractivity contribution is 0.0958. The number of aryl methyl sites for hydroxylation is 2. The van der Waals surface area contributed by atoms with Crippen molar-refractivity contribution >= 4 is 28.3 Å². The molecule has 2 amide bonds. The Bertz CT molecular complexity index is 676. The topological polar surface area (TPSA) is 97.1 Å². The van der Waals surface area contributed by atoms with Gasteiger partial charge in [-0.25, -0.2) is 4.98 Å². The molecule has 0 aliphatic carbocycles. The number of nitrogens with zero attached hydrogens (tertiary/aromatic N) is 2. The molecule has 0 aromatic carbocycles. The quantitative estimate of drug-likeness (QED) is 0.871. The zero-order valence-corrected chi connectivity index (χ0v) is 11.5. The van der Waals surface area contributed by atoms with Gasteiger partial charge in [0.2, 0.25) is 0 Å². The van der Waals surface area contributed by atoms with Crippen LogP contribution >= 0.6 is 11.3 Å². The summed E-state index contributed by atoms with van der Waals surface area (Å²) in [5, 5.41) is 9.44. The van der Waals surface area contributed by atoms with Gasteiger partial charge in [0, 0.05) is 6.54 Å². The van der Waals surface area contributed by atoms with E-state index in [9.17, 15) is 9.59 Å². The minimum atomic E-state index is -0.340. The number of nitrogens with one attached hydrogen (secondary N) is 2. The van der Waals surface area contributed by atoms with E-state index in [1.165, 1.54) is 17.5 Å². The number of hydrogen-bond acceptors (Lipinski definition) is 6. The number of rotatable bonds is 2. The van der Waals surface area contributed by atoms with Gasteiger partial charge >= 0.3 is 0 Å². The van der Waals surface area contributed by atoms with Crippen molar-refractivity contribution in [3.05, 3.63) is 28.1 Å². The van der Waals surface area contributed by atoms with Gasteiger partial charge in [0.05, 0.1) is 11.9 Å². The summed E-state index contributed by atoms with van der Waals surface area (Å²) in [5.74, 6) is -0.0249. The van der Waals surface area contributed by atoms with Crippen LogP contribution in [-0.2, 0) is 6.42 Å². The van der Waals surface area contributed by atoms with E-state index >= 15 is 0 Å². The van der Waals surface area contributed by atoms with E-state index in [1.54, 1.807) is 6.92 Å². The predicted molar refractivity (Wildman–Crippen MR) is 72.0 cm³/mol. The highest BCUT2D eigenvalue weighted by Gasteiger charge is 2.22. The third-order valence-electron chi connectivity index (χ3n) is 3.00. The fraction of sp³-hybridized carbons (Fsp3) is 0.333. The highest BCUT2D eigenvalue weighted by atomic mass is 32.1. The van der Waals surface area contributed by atoms with Crippen molar-refractivity contribution in [3.63, 3.8) is 0 Å². The number of hydrogen-bond donors (Lipinski definition) is 2. The Labute approximate surface area is 118 Å². The van der Waals surface area contributed by atoms with Crippen LogP contribution in [0.25, 0.3) is 0 Å². The largest absolute Gasteiger partial charge is 0.361 e. The van der Waals surface area contributed by atoms with Crippen LogP contribution in [0, 0.1) is 6.92 Å². The van der Waals surface area contributed by atoms with Crippen LogP contribution in [-0.4, -0.2) is 28.5 Å². The highest BCUT2D eigenvalue weighted by molar-refractivity contribution is 7.17. The van der Waals surface area contributed by atoms with E-state index < -0.39 is 0 Å². The van der Waals surface area contributed by atoms with Crippen molar-refractivity contribution in [3.8, 4) is 0 Å². The molecule has 0 bridgehead atoms. The van der Waals surface area contributed by atoms with Crippen molar-refractivity contribution in [2.24, 2.45) is 0 Å². The maximum Gasteiger partial charge on any atom is 0.263 e.